The molecule has 0 aliphatic carbocycles. The van der Waals surface area contributed by atoms with Crippen LogP contribution >= 0.6 is 11.8 Å². The molecule has 5 heteroatoms. The first-order valence-electron chi connectivity index (χ1n) is 8.55. The Labute approximate surface area is 157 Å². The molecule has 26 heavy (non-hydrogen) atoms. The lowest BCUT2D eigenvalue weighted by Gasteiger charge is -2.18. The van der Waals surface area contributed by atoms with Gasteiger partial charge in [-0.3, -0.25) is 4.79 Å². The summed E-state index contributed by atoms with van der Waals surface area (Å²) in [7, 11) is 5.90. The maximum Gasteiger partial charge on any atom is 0.249 e. The zero-order chi connectivity index (χ0) is 18.3. The van der Waals surface area contributed by atoms with Crippen molar-refractivity contribution in [3.8, 4) is 0 Å². The number of amides is 1. The lowest BCUT2D eigenvalue weighted by atomic mass is 10.2. The minimum absolute atomic E-state index is 0.0115. The number of nitrogens with zero attached hydrogens (tertiary/aromatic N) is 3. The van der Waals surface area contributed by atoms with Crippen LogP contribution in [0.1, 0.15) is 5.69 Å². The molecule has 0 radical (unpaired) electrons. The minimum Gasteiger partial charge on any atom is -0.346 e. The van der Waals surface area contributed by atoms with Crippen LogP contribution in [0.3, 0.4) is 0 Å². The van der Waals surface area contributed by atoms with Crippen LogP contribution in [0.5, 0.6) is 0 Å². The van der Waals surface area contributed by atoms with Gasteiger partial charge in [0.05, 0.1) is 17.3 Å². The van der Waals surface area contributed by atoms with E-state index in [4.69, 9.17) is 0 Å². The van der Waals surface area contributed by atoms with E-state index in [-0.39, 0.29) is 5.91 Å². The van der Waals surface area contributed by atoms with Gasteiger partial charge in [-0.25, -0.2) is 0 Å². The Morgan fingerprint density at radius 1 is 1.12 bits per heavy atom. The summed E-state index contributed by atoms with van der Waals surface area (Å²) in [5.41, 5.74) is 3.45. The van der Waals surface area contributed by atoms with E-state index in [1.165, 1.54) is 15.8 Å². The normalized spacial score (nSPS) is 14.9. The molecule has 2 aromatic carbocycles. The van der Waals surface area contributed by atoms with Gasteiger partial charge in [-0.15, -0.1) is 0 Å². The van der Waals surface area contributed by atoms with E-state index in [0.717, 1.165) is 16.4 Å². The smallest absolute Gasteiger partial charge is 0.249 e. The summed E-state index contributed by atoms with van der Waals surface area (Å²) in [5, 5.41) is 2.16. The third-order valence-corrected chi connectivity index (χ3v) is 6.01. The third-order valence-electron chi connectivity index (χ3n) is 4.85. The highest BCUT2D eigenvalue weighted by atomic mass is 32.2. The van der Waals surface area contributed by atoms with E-state index in [0.29, 0.717) is 6.54 Å². The predicted octanol–water partition coefficient (Wildman–Crippen LogP) is 4.22. The first-order valence-corrected chi connectivity index (χ1v) is 9.37. The van der Waals surface area contributed by atoms with Crippen molar-refractivity contribution in [2.24, 2.45) is 7.05 Å². The molecule has 1 aliphatic heterocycles. The summed E-state index contributed by atoms with van der Waals surface area (Å²) < 4.78 is 2.15. The van der Waals surface area contributed by atoms with E-state index in [9.17, 15) is 4.79 Å². The number of anilines is 1. The van der Waals surface area contributed by atoms with E-state index < -0.39 is 0 Å². The zero-order valence-electron chi connectivity index (χ0n) is 15.1. The monoisotopic (exact) mass is 363 g/mol. The predicted molar refractivity (Wildman–Crippen MR) is 108 cm³/mol. The minimum atomic E-state index is 0.0115. The molecule has 0 saturated heterocycles. The number of carbonyl (C=O) groups is 1. The molecule has 1 aromatic heterocycles. The Bertz CT molecular complexity index is 1020. The Balaban J connectivity index is 1.52. The Morgan fingerprint density at radius 2 is 1.85 bits per heavy atom. The summed E-state index contributed by atoms with van der Waals surface area (Å²) in [4.78, 5) is 17.7. The number of carbonyl (C=O) groups excluding carboxylic acids is 1. The fourth-order valence-electron chi connectivity index (χ4n) is 3.28. The number of hydrogen-bond donors (Lipinski definition) is 0. The lowest BCUT2D eigenvalue weighted by Crippen LogP contribution is -2.26. The molecule has 0 spiro atoms. The maximum atomic E-state index is 12.7. The number of likely N-dealkylation sites (N-methyl/N-ethyl adjacent to an activating group) is 1. The second-order valence-corrected chi connectivity index (χ2v) is 7.62. The molecule has 3 aromatic rings. The Hall–Kier alpha value is -2.66. The van der Waals surface area contributed by atoms with Gasteiger partial charge in [-0.1, -0.05) is 42.1 Å². The highest BCUT2D eigenvalue weighted by Crippen LogP contribution is 2.44. The molecule has 132 valence electrons. The first kappa shape index (κ1) is 16.8. The number of aromatic nitrogens is 1. The molecule has 4 rings (SSSR count). The van der Waals surface area contributed by atoms with Crippen LogP contribution in [0.2, 0.25) is 0 Å². The van der Waals surface area contributed by atoms with Crippen LogP contribution in [0, 0.1) is 0 Å². The van der Waals surface area contributed by atoms with Gasteiger partial charge in [0.2, 0.25) is 5.91 Å². The summed E-state index contributed by atoms with van der Waals surface area (Å²) >= 11 is 1.64. The highest BCUT2D eigenvalue weighted by molar-refractivity contribution is 8.03. The van der Waals surface area contributed by atoms with Gasteiger partial charge in [0.25, 0.3) is 0 Å². The molecular weight excluding hydrogens is 342 g/mol. The summed E-state index contributed by atoms with van der Waals surface area (Å²) in [5.74, 6) is 0.0115. The van der Waals surface area contributed by atoms with Gasteiger partial charge in [0.1, 0.15) is 0 Å². The molecule has 2 heterocycles. The summed E-state index contributed by atoms with van der Waals surface area (Å²) in [6.07, 6.45) is 1.73. The average Bonchev–Trinajstić information content (AvgIpc) is 3.13. The Kier molecular flexibility index (Phi) is 4.24. The fraction of sp³-hybridized carbons (Fsp3) is 0.190. The number of hydrogen-bond acceptors (Lipinski definition) is 3. The molecule has 0 saturated carbocycles. The van der Waals surface area contributed by atoms with Crippen LogP contribution in [-0.2, 0) is 18.4 Å². The van der Waals surface area contributed by atoms with Gasteiger partial charge < -0.3 is 14.4 Å². The van der Waals surface area contributed by atoms with Crippen molar-refractivity contribution in [2.75, 3.05) is 19.0 Å². The van der Waals surface area contributed by atoms with Gasteiger partial charge in [-0.05, 0) is 29.7 Å². The van der Waals surface area contributed by atoms with Crippen molar-refractivity contribution in [3.05, 3.63) is 71.4 Å². The van der Waals surface area contributed by atoms with Gasteiger partial charge in [-0.2, -0.15) is 0 Å². The summed E-state index contributed by atoms with van der Waals surface area (Å²) in [6.45, 7) is 0.578. The molecule has 4 nitrogen and oxygen atoms in total. The van der Waals surface area contributed by atoms with Crippen LogP contribution < -0.4 is 4.90 Å². The van der Waals surface area contributed by atoms with E-state index in [1.54, 1.807) is 22.7 Å². The van der Waals surface area contributed by atoms with E-state index >= 15 is 0 Å². The van der Waals surface area contributed by atoms with Crippen LogP contribution in [0.25, 0.3) is 10.9 Å². The van der Waals surface area contributed by atoms with Crippen molar-refractivity contribution in [2.45, 2.75) is 11.4 Å². The van der Waals surface area contributed by atoms with Crippen molar-refractivity contribution < 1.29 is 4.79 Å². The number of para-hydroxylation sites is 2. The molecule has 1 amide bonds. The number of thioether (sulfide) groups is 1. The molecule has 1 aliphatic rings. The maximum absolute atomic E-state index is 12.7. The quantitative estimate of drug-likeness (QED) is 0.652. The first-order chi connectivity index (χ1) is 12.5. The number of rotatable bonds is 3. The topological polar surface area (TPSA) is 28.5 Å². The number of benzene rings is 2. The fourth-order valence-corrected chi connectivity index (χ4v) is 4.36. The van der Waals surface area contributed by atoms with Gasteiger partial charge in [0.15, 0.2) is 0 Å². The Morgan fingerprint density at radius 3 is 2.62 bits per heavy atom. The van der Waals surface area contributed by atoms with Crippen molar-refractivity contribution in [3.63, 3.8) is 0 Å². The van der Waals surface area contributed by atoms with E-state index in [2.05, 4.69) is 39.8 Å². The van der Waals surface area contributed by atoms with Crippen LogP contribution in [0.4, 0.5) is 5.69 Å². The average molecular weight is 363 g/mol. The van der Waals surface area contributed by atoms with Crippen molar-refractivity contribution in [1.82, 2.24) is 9.47 Å². The molecular formula is C21H21N3OS. The van der Waals surface area contributed by atoms with Crippen LogP contribution in [0.15, 0.2) is 70.6 Å². The second kappa shape index (κ2) is 6.57. The van der Waals surface area contributed by atoms with E-state index in [1.807, 2.05) is 45.4 Å². The van der Waals surface area contributed by atoms with Crippen molar-refractivity contribution in [1.29, 1.82) is 0 Å². The number of fused-ring (bicyclic) bond motifs is 2. The lowest BCUT2D eigenvalue weighted by molar-refractivity contribution is -0.125. The molecule has 0 N–H and O–H groups in total. The standard InChI is InChI=1S/C21H21N3OS/c1-22(14-16-12-15-8-4-5-9-17(15)23(16)2)20(25)13-21-24(3)18-10-6-7-11-19(18)26-21/h4-13H,14H2,1-3H3/b21-13+. The summed E-state index contributed by atoms with van der Waals surface area (Å²) in [6, 6.07) is 18.6. The zero-order valence-corrected chi connectivity index (χ0v) is 16.0. The largest absolute Gasteiger partial charge is 0.346 e. The molecule has 0 unspecified atom stereocenters. The molecule has 0 bridgehead atoms. The van der Waals surface area contributed by atoms with Crippen LogP contribution in [-0.4, -0.2) is 29.5 Å². The van der Waals surface area contributed by atoms with Crippen molar-refractivity contribution >= 4 is 34.3 Å². The SMILES string of the molecule is CN(Cc1cc2ccccc2n1C)C(=O)/C=C1/Sc2ccccc2N1C. The molecule has 0 atom stereocenters. The van der Waals surface area contributed by atoms with Gasteiger partial charge in [0, 0.05) is 43.3 Å². The second-order valence-electron chi connectivity index (χ2n) is 6.56. The van der Waals surface area contributed by atoms with Gasteiger partial charge >= 0.3 is 0 Å². The number of aryl methyl sites for hydroxylation is 1. The molecule has 0 fully saturated rings. The third kappa shape index (κ3) is 2.88. The highest BCUT2D eigenvalue weighted by Gasteiger charge is 2.23.